The zero-order valence-corrected chi connectivity index (χ0v) is 12.6. The Kier molecular flexibility index (Phi) is 6.32. The first-order valence-electron chi connectivity index (χ1n) is 7.16. The summed E-state index contributed by atoms with van der Waals surface area (Å²) >= 11 is 0. The third kappa shape index (κ3) is 5.14. The summed E-state index contributed by atoms with van der Waals surface area (Å²) in [6, 6.07) is 9.29. The summed E-state index contributed by atoms with van der Waals surface area (Å²) in [6.45, 7) is 1.82. The van der Waals surface area contributed by atoms with Crippen LogP contribution >= 0.6 is 0 Å². The lowest BCUT2D eigenvalue weighted by Gasteiger charge is -2.07. The van der Waals surface area contributed by atoms with Crippen LogP contribution in [0.25, 0.3) is 0 Å². The average Bonchev–Trinajstić information content (AvgIpc) is 2.58. The van der Waals surface area contributed by atoms with Gasteiger partial charge in [-0.25, -0.2) is 4.98 Å². The number of pyridine rings is 2. The summed E-state index contributed by atoms with van der Waals surface area (Å²) in [6.07, 6.45) is 4.10. The van der Waals surface area contributed by atoms with Gasteiger partial charge in [0.05, 0.1) is 17.8 Å². The predicted octanol–water partition coefficient (Wildman–Crippen LogP) is 1.85. The fourth-order valence-corrected chi connectivity index (χ4v) is 1.84. The number of amides is 1. The van der Waals surface area contributed by atoms with Crippen LogP contribution in [0.4, 0.5) is 5.82 Å². The van der Waals surface area contributed by atoms with Crippen LogP contribution in [0.1, 0.15) is 22.5 Å². The highest BCUT2D eigenvalue weighted by Crippen LogP contribution is 2.06. The van der Waals surface area contributed by atoms with Gasteiger partial charge in [-0.3, -0.25) is 9.78 Å². The molecule has 0 fully saturated rings. The zero-order valence-electron chi connectivity index (χ0n) is 12.6. The van der Waals surface area contributed by atoms with Gasteiger partial charge >= 0.3 is 0 Å². The molecule has 2 N–H and O–H groups in total. The van der Waals surface area contributed by atoms with Crippen LogP contribution in [-0.4, -0.2) is 36.1 Å². The lowest BCUT2D eigenvalue weighted by molar-refractivity contribution is 0.0948. The summed E-state index contributed by atoms with van der Waals surface area (Å²) < 4.78 is 4.93. The molecule has 6 heteroatoms. The molecule has 2 aromatic rings. The van der Waals surface area contributed by atoms with Crippen molar-refractivity contribution in [2.75, 3.05) is 25.6 Å². The fraction of sp³-hybridized carbons (Fsp3) is 0.312. The van der Waals surface area contributed by atoms with E-state index in [4.69, 9.17) is 4.74 Å². The fourth-order valence-electron chi connectivity index (χ4n) is 1.84. The molecule has 0 saturated carbocycles. The first-order valence-corrected chi connectivity index (χ1v) is 7.16. The van der Waals surface area contributed by atoms with E-state index in [9.17, 15) is 4.79 Å². The zero-order chi connectivity index (χ0) is 15.6. The van der Waals surface area contributed by atoms with E-state index in [2.05, 4.69) is 20.6 Å². The van der Waals surface area contributed by atoms with Crippen molar-refractivity contribution in [3.63, 3.8) is 0 Å². The molecule has 2 heterocycles. The number of hydrogen-bond donors (Lipinski definition) is 2. The molecule has 0 saturated heterocycles. The van der Waals surface area contributed by atoms with Gasteiger partial charge in [-0.05, 0) is 30.7 Å². The molecule has 1 amide bonds. The number of methoxy groups -OCH3 is 1. The Morgan fingerprint density at radius 2 is 2.14 bits per heavy atom. The normalized spacial score (nSPS) is 10.2. The van der Waals surface area contributed by atoms with Gasteiger partial charge in [0.1, 0.15) is 5.82 Å². The van der Waals surface area contributed by atoms with Crippen molar-refractivity contribution in [2.45, 2.75) is 13.0 Å². The van der Waals surface area contributed by atoms with E-state index in [1.54, 1.807) is 31.6 Å². The molecule has 22 heavy (non-hydrogen) atoms. The number of carbonyl (C=O) groups excluding carboxylic acids is 1. The first kappa shape index (κ1) is 15.9. The minimum absolute atomic E-state index is 0.125. The average molecular weight is 300 g/mol. The van der Waals surface area contributed by atoms with Crippen LogP contribution in [0.5, 0.6) is 0 Å². The molecule has 0 atom stereocenters. The second-order valence-corrected chi connectivity index (χ2v) is 4.71. The SMILES string of the molecule is COCCCNC(=O)c1ccc(NCc2ccccn2)nc1. The maximum atomic E-state index is 11.9. The van der Waals surface area contributed by atoms with Crippen LogP contribution < -0.4 is 10.6 Å². The molecule has 0 radical (unpaired) electrons. The van der Waals surface area contributed by atoms with Crippen LogP contribution in [0, 0.1) is 0 Å². The van der Waals surface area contributed by atoms with Gasteiger partial charge in [0.15, 0.2) is 0 Å². The van der Waals surface area contributed by atoms with Gasteiger partial charge in [0.2, 0.25) is 0 Å². The molecule has 0 aliphatic heterocycles. The molecule has 6 nitrogen and oxygen atoms in total. The number of ether oxygens (including phenoxy) is 1. The molecule has 116 valence electrons. The minimum atomic E-state index is -0.125. The van der Waals surface area contributed by atoms with Crippen molar-refractivity contribution in [2.24, 2.45) is 0 Å². The Labute approximate surface area is 129 Å². The van der Waals surface area contributed by atoms with E-state index in [1.807, 2.05) is 18.2 Å². The number of rotatable bonds is 8. The van der Waals surface area contributed by atoms with Crippen molar-refractivity contribution in [3.05, 3.63) is 54.0 Å². The predicted molar refractivity (Wildman–Crippen MR) is 84.6 cm³/mol. The van der Waals surface area contributed by atoms with Gasteiger partial charge in [0, 0.05) is 32.7 Å². The van der Waals surface area contributed by atoms with Crippen LogP contribution in [-0.2, 0) is 11.3 Å². The smallest absolute Gasteiger partial charge is 0.252 e. The van der Waals surface area contributed by atoms with Crippen molar-refractivity contribution in [1.82, 2.24) is 15.3 Å². The molecule has 0 unspecified atom stereocenters. The standard InChI is InChI=1S/C16H20N4O2/c1-22-10-4-9-18-16(21)13-6-7-15(19-11-13)20-12-14-5-2-3-8-17-14/h2-3,5-8,11H,4,9-10,12H2,1H3,(H,18,21)(H,19,20). The molecular weight excluding hydrogens is 280 g/mol. The topological polar surface area (TPSA) is 76.1 Å². The van der Waals surface area contributed by atoms with Crippen LogP contribution in [0.3, 0.4) is 0 Å². The molecule has 0 aliphatic rings. The van der Waals surface area contributed by atoms with Crippen molar-refractivity contribution >= 4 is 11.7 Å². The Bertz CT molecular complexity index is 572. The Morgan fingerprint density at radius 1 is 1.23 bits per heavy atom. The van der Waals surface area contributed by atoms with Gasteiger partial charge < -0.3 is 15.4 Å². The second kappa shape index (κ2) is 8.74. The molecule has 2 aromatic heterocycles. The second-order valence-electron chi connectivity index (χ2n) is 4.71. The van der Waals surface area contributed by atoms with Gasteiger partial charge in [-0.2, -0.15) is 0 Å². The molecule has 2 rings (SSSR count). The minimum Gasteiger partial charge on any atom is -0.385 e. The number of carbonyl (C=O) groups is 1. The van der Waals surface area contributed by atoms with Gasteiger partial charge in [-0.15, -0.1) is 0 Å². The molecule has 0 aromatic carbocycles. The quantitative estimate of drug-likeness (QED) is 0.728. The van der Waals surface area contributed by atoms with E-state index in [0.717, 1.165) is 12.1 Å². The maximum absolute atomic E-state index is 11.9. The van der Waals surface area contributed by atoms with Gasteiger partial charge in [-0.1, -0.05) is 6.07 Å². The van der Waals surface area contributed by atoms with Crippen LogP contribution in [0.2, 0.25) is 0 Å². The van der Waals surface area contributed by atoms with E-state index in [0.29, 0.717) is 31.1 Å². The number of nitrogens with zero attached hydrogens (tertiary/aromatic N) is 2. The maximum Gasteiger partial charge on any atom is 0.252 e. The van der Waals surface area contributed by atoms with E-state index in [1.165, 1.54) is 0 Å². The molecule has 0 aliphatic carbocycles. The summed E-state index contributed by atoms with van der Waals surface area (Å²) in [4.78, 5) is 20.3. The summed E-state index contributed by atoms with van der Waals surface area (Å²) in [5, 5.41) is 5.99. The monoisotopic (exact) mass is 300 g/mol. The highest BCUT2D eigenvalue weighted by atomic mass is 16.5. The van der Waals surface area contributed by atoms with Crippen molar-refractivity contribution < 1.29 is 9.53 Å². The number of anilines is 1. The first-order chi connectivity index (χ1) is 10.8. The van der Waals surface area contributed by atoms with E-state index >= 15 is 0 Å². The Hall–Kier alpha value is -2.47. The largest absolute Gasteiger partial charge is 0.385 e. The van der Waals surface area contributed by atoms with Crippen LogP contribution in [0.15, 0.2) is 42.7 Å². The van der Waals surface area contributed by atoms with Gasteiger partial charge in [0.25, 0.3) is 5.91 Å². The molecule has 0 bridgehead atoms. The van der Waals surface area contributed by atoms with Crippen molar-refractivity contribution in [1.29, 1.82) is 0 Å². The number of aromatic nitrogens is 2. The molecular formula is C16H20N4O2. The number of hydrogen-bond acceptors (Lipinski definition) is 5. The lowest BCUT2D eigenvalue weighted by Crippen LogP contribution is -2.25. The third-order valence-electron chi connectivity index (χ3n) is 3.01. The summed E-state index contributed by atoms with van der Waals surface area (Å²) in [7, 11) is 1.64. The number of nitrogens with one attached hydrogen (secondary N) is 2. The Morgan fingerprint density at radius 3 is 2.82 bits per heavy atom. The van der Waals surface area contributed by atoms with E-state index in [-0.39, 0.29) is 5.91 Å². The highest BCUT2D eigenvalue weighted by molar-refractivity contribution is 5.94. The lowest BCUT2D eigenvalue weighted by atomic mass is 10.2. The van der Waals surface area contributed by atoms with Crippen molar-refractivity contribution in [3.8, 4) is 0 Å². The molecule has 0 spiro atoms. The summed E-state index contributed by atoms with van der Waals surface area (Å²) in [5.74, 6) is 0.585. The summed E-state index contributed by atoms with van der Waals surface area (Å²) in [5.41, 5.74) is 1.48. The highest BCUT2D eigenvalue weighted by Gasteiger charge is 2.05. The van der Waals surface area contributed by atoms with E-state index < -0.39 is 0 Å². The third-order valence-corrected chi connectivity index (χ3v) is 3.01. The Balaban J connectivity index is 1.81.